The maximum absolute atomic E-state index is 13.7. The summed E-state index contributed by atoms with van der Waals surface area (Å²) in [5, 5.41) is 7.18. The summed E-state index contributed by atoms with van der Waals surface area (Å²) >= 11 is 3.34. The molecule has 0 bridgehead atoms. The largest absolute Gasteiger partial charge is 0.410 e. The van der Waals surface area contributed by atoms with Crippen LogP contribution >= 0.6 is 15.9 Å². The van der Waals surface area contributed by atoms with E-state index in [1.165, 1.54) is 6.07 Å². The van der Waals surface area contributed by atoms with Crippen LogP contribution in [0.1, 0.15) is 53.8 Å². The van der Waals surface area contributed by atoms with E-state index >= 15 is 0 Å². The number of piperidine rings is 1. The van der Waals surface area contributed by atoms with Gasteiger partial charge in [-0.25, -0.2) is 4.68 Å². The van der Waals surface area contributed by atoms with Gasteiger partial charge in [0.1, 0.15) is 5.82 Å². The van der Waals surface area contributed by atoms with Crippen molar-refractivity contribution in [1.29, 1.82) is 0 Å². The number of carbonyl (C=O) groups excluding carboxylic acids is 1. The minimum atomic E-state index is -4.46. The number of nitrogens with one attached hydrogen (secondary N) is 1. The van der Waals surface area contributed by atoms with Crippen molar-refractivity contribution in [2.24, 2.45) is 0 Å². The maximum atomic E-state index is 13.7. The van der Waals surface area contributed by atoms with E-state index in [4.69, 9.17) is 0 Å². The molecule has 0 aliphatic carbocycles. The number of amides is 1. The lowest BCUT2D eigenvalue weighted by Crippen LogP contribution is -2.37. The molecular formula is C19H20BrF3N4O. The van der Waals surface area contributed by atoms with Gasteiger partial charge in [-0.15, -0.1) is 0 Å². The molecule has 9 heteroatoms. The van der Waals surface area contributed by atoms with Gasteiger partial charge in [0.2, 0.25) is 0 Å². The predicted octanol–water partition coefficient (Wildman–Crippen LogP) is 4.93. The number of hydrogen-bond donors (Lipinski definition) is 1. The second-order valence-corrected chi connectivity index (χ2v) is 8.17. The number of alkyl halides is 3. The molecule has 0 spiro atoms. The van der Waals surface area contributed by atoms with E-state index in [9.17, 15) is 18.0 Å². The third-order valence-electron chi connectivity index (χ3n) is 5.32. The molecular weight excluding hydrogens is 437 g/mol. The van der Waals surface area contributed by atoms with Crippen molar-refractivity contribution in [2.75, 3.05) is 18.4 Å². The van der Waals surface area contributed by atoms with Crippen LogP contribution in [0, 0.1) is 0 Å². The Balaban J connectivity index is 1.65. The molecule has 150 valence electrons. The lowest BCUT2D eigenvalue weighted by molar-refractivity contribution is -0.173. The van der Waals surface area contributed by atoms with Crippen LogP contribution in [0.3, 0.4) is 0 Å². The van der Waals surface area contributed by atoms with Crippen molar-refractivity contribution in [2.45, 2.75) is 43.9 Å². The van der Waals surface area contributed by atoms with E-state index in [1.54, 1.807) is 29.2 Å². The highest BCUT2D eigenvalue weighted by Gasteiger charge is 2.47. The molecule has 2 aromatic rings. The van der Waals surface area contributed by atoms with Crippen molar-refractivity contribution in [3.63, 3.8) is 0 Å². The summed E-state index contributed by atoms with van der Waals surface area (Å²) in [5.74, 6) is -0.0774. The first-order chi connectivity index (χ1) is 13.3. The topological polar surface area (TPSA) is 50.2 Å². The molecule has 0 radical (unpaired) electrons. The van der Waals surface area contributed by atoms with Gasteiger partial charge in [0, 0.05) is 30.0 Å². The first-order valence-electron chi connectivity index (χ1n) is 9.30. The smallest absolute Gasteiger partial charge is 0.363 e. The van der Waals surface area contributed by atoms with E-state index < -0.39 is 18.3 Å². The standard InChI is InChI=1S/C19H20BrF3N4O/c20-13-6-4-12(5-7-13)14-10-16(19(21,22)23)27-17(24-14)11-15(25-27)18(28)26-8-2-1-3-9-26/h4-7,11,14,16,24H,1-3,8-10H2/t14-,16-/m0/s1. The Bertz CT molecular complexity index is 859. The number of fused-ring (bicyclic) bond motifs is 1. The van der Waals surface area contributed by atoms with Crippen LogP contribution < -0.4 is 5.32 Å². The number of likely N-dealkylation sites (tertiary alicyclic amines) is 1. The Kier molecular flexibility index (Phi) is 5.11. The van der Waals surface area contributed by atoms with Crippen LogP contribution in [0.15, 0.2) is 34.8 Å². The zero-order valence-electron chi connectivity index (χ0n) is 15.0. The fraction of sp³-hybridized carbons (Fsp3) is 0.474. The molecule has 5 nitrogen and oxygen atoms in total. The Morgan fingerprint density at radius 1 is 1.14 bits per heavy atom. The van der Waals surface area contributed by atoms with Gasteiger partial charge in [0.15, 0.2) is 11.7 Å². The molecule has 1 fully saturated rings. The molecule has 4 rings (SSSR count). The summed E-state index contributed by atoms with van der Waals surface area (Å²) in [6, 6.07) is 6.35. The summed E-state index contributed by atoms with van der Waals surface area (Å²) in [6.45, 7) is 1.25. The van der Waals surface area contributed by atoms with Crippen molar-refractivity contribution in [3.8, 4) is 0 Å². The van der Waals surface area contributed by atoms with Gasteiger partial charge in [-0.2, -0.15) is 18.3 Å². The molecule has 1 aromatic heterocycles. The molecule has 2 atom stereocenters. The highest BCUT2D eigenvalue weighted by Crippen LogP contribution is 2.43. The molecule has 1 saturated heterocycles. The average Bonchev–Trinajstić information content (AvgIpc) is 3.11. The zero-order chi connectivity index (χ0) is 19.9. The van der Waals surface area contributed by atoms with E-state index in [2.05, 4.69) is 26.3 Å². The van der Waals surface area contributed by atoms with Crippen molar-refractivity contribution in [3.05, 3.63) is 46.1 Å². The lowest BCUT2D eigenvalue weighted by atomic mass is 9.97. The van der Waals surface area contributed by atoms with Crippen LogP contribution in [0.25, 0.3) is 0 Å². The van der Waals surface area contributed by atoms with Crippen LogP contribution in [-0.2, 0) is 0 Å². The number of aromatic nitrogens is 2. The summed E-state index contributed by atoms with van der Waals surface area (Å²) in [6.07, 6.45) is -1.75. The van der Waals surface area contributed by atoms with Crippen molar-refractivity contribution in [1.82, 2.24) is 14.7 Å². The van der Waals surface area contributed by atoms with E-state index in [-0.39, 0.29) is 23.8 Å². The third kappa shape index (κ3) is 3.76. The zero-order valence-corrected chi connectivity index (χ0v) is 16.6. The highest BCUT2D eigenvalue weighted by atomic mass is 79.9. The monoisotopic (exact) mass is 456 g/mol. The Morgan fingerprint density at radius 2 is 1.82 bits per heavy atom. The van der Waals surface area contributed by atoms with E-state index in [0.29, 0.717) is 13.1 Å². The number of rotatable bonds is 2. The molecule has 2 aliphatic rings. The average molecular weight is 457 g/mol. The minimum Gasteiger partial charge on any atom is -0.363 e. The van der Waals surface area contributed by atoms with Gasteiger partial charge in [0.05, 0.1) is 6.04 Å². The number of anilines is 1. The summed E-state index contributed by atoms with van der Waals surface area (Å²) in [7, 11) is 0. The fourth-order valence-corrected chi connectivity index (χ4v) is 4.11. The maximum Gasteiger partial charge on any atom is 0.410 e. The minimum absolute atomic E-state index is 0.0649. The van der Waals surface area contributed by atoms with Gasteiger partial charge in [-0.05, 0) is 37.0 Å². The first kappa shape index (κ1) is 19.3. The summed E-state index contributed by atoms with van der Waals surface area (Å²) in [4.78, 5) is 14.4. The predicted molar refractivity (Wildman–Crippen MR) is 102 cm³/mol. The molecule has 1 N–H and O–H groups in total. The summed E-state index contributed by atoms with van der Waals surface area (Å²) in [5.41, 5.74) is 0.823. The van der Waals surface area contributed by atoms with Crippen LogP contribution in [-0.4, -0.2) is 39.9 Å². The van der Waals surface area contributed by atoms with Crippen molar-refractivity contribution < 1.29 is 18.0 Å². The molecule has 1 amide bonds. The molecule has 28 heavy (non-hydrogen) atoms. The third-order valence-corrected chi connectivity index (χ3v) is 5.85. The van der Waals surface area contributed by atoms with Gasteiger partial charge >= 0.3 is 6.18 Å². The number of nitrogens with zero attached hydrogens (tertiary/aromatic N) is 3. The Labute approximate surface area is 169 Å². The SMILES string of the molecule is O=C(c1cc2n(n1)[C@H](C(F)(F)F)C[C@@H](c1ccc(Br)cc1)N2)N1CCCCC1. The Hall–Kier alpha value is -2.03. The van der Waals surface area contributed by atoms with Gasteiger partial charge in [-0.3, -0.25) is 4.79 Å². The molecule has 1 aromatic carbocycles. The number of benzene rings is 1. The molecule has 0 saturated carbocycles. The van der Waals surface area contributed by atoms with Crippen LogP contribution in [0.4, 0.5) is 19.0 Å². The van der Waals surface area contributed by atoms with E-state index in [0.717, 1.165) is 34.0 Å². The van der Waals surface area contributed by atoms with Crippen LogP contribution in [0.2, 0.25) is 0 Å². The second kappa shape index (κ2) is 7.42. The first-order valence-corrected chi connectivity index (χ1v) is 10.1. The van der Waals surface area contributed by atoms with Gasteiger partial charge < -0.3 is 10.2 Å². The van der Waals surface area contributed by atoms with E-state index in [1.807, 2.05) is 0 Å². The summed E-state index contributed by atoms with van der Waals surface area (Å²) < 4.78 is 43.0. The number of carbonyl (C=O) groups is 1. The Morgan fingerprint density at radius 3 is 2.46 bits per heavy atom. The molecule has 2 aliphatic heterocycles. The van der Waals surface area contributed by atoms with Crippen molar-refractivity contribution >= 4 is 27.7 Å². The number of hydrogen-bond acceptors (Lipinski definition) is 3. The second-order valence-electron chi connectivity index (χ2n) is 7.25. The lowest BCUT2D eigenvalue weighted by Gasteiger charge is -2.33. The normalized spacial score (nSPS) is 22.5. The van der Waals surface area contributed by atoms with Crippen LogP contribution in [0.5, 0.6) is 0 Å². The number of halogens is 4. The fourth-order valence-electron chi connectivity index (χ4n) is 3.85. The quantitative estimate of drug-likeness (QED) is 0.696. The molecule has 3 heterocycles. The molecule has 0 unspecified atom stereocenters. The van der Waals surface area contributed by atoms with Gasteiger partial charge in [-0.1, -0.05) is 28.1 Å². The highest BCUT2D eigenvalue weighted by molar-refractivity contribution is 9.10. The van der Waals surface area contributed by atoms with Gasteiger partial charge in [0.25, 0.3) is 5.91 Å².